The van der Waals surface area contributed by atoms with Crippen molar-refractivity contribution < 1.29 is 4.79 Å². The van der Waals surface area contributed by atoms with E-state index in [2.05, 4.69) is 27.3 Å². The van der Waals surface area contributed by atoms with Crippen LogP contribution in [0.4, 0.5) is 0 Å². The molecule has 2 aromatic heterocycles. The standard InChI is InChI=1S/C24H29N5OS/c1-14-10-15(2)29-23(25-14)27-24(28-29)31-13-19-6-4-5-7-20(19)22(30)26-16(3)21-12-17-8-9-18(21)11-17/h4-7,10,16-18,21H,8-9,11-13H2,1-3H3,(H,26,30). The van der Waals surface area contributed by atoms with Gasteiger partial charge in [-0.1, -0.05) is 36.4 Å². The summed E-state index contributed by atoms with van der Waals surface area (Å²) in [5, 5.41) is 8.55. The van der Waals surface area contributed by atoms with Gasteiger partial charge in [0.15, 0.2) is 0 Å². The second-order valence-corrected chi connectivity index (χ2v) is 10.1. The molecular formula is C24H29N5OS. The minimum atomic E-state index is 0.0302. The van der Waals surface area contributed by atoms with E-state index in [1.165, 1.54) is 37.4 Å². The Balaban J connectivity index is 1.28. The lowest BCUT2D eigenvalue weighted by Gasteiger charge is -2.28. The van der Waals surface area contributed by atoms with Crippen LogP contribution < -0.4 is 5.32 Å². The lowest BCUT2D eigenvalue weighted by molar-refractivity contribution is 0.0914. The molecule has 2 aliphatic rings. The molecule has 1 N–H and O–H groups in total. The van der Waals surface area contributed by atoms with E-state index in [0.717, 1.165) is 34.4 Å². The van der Waals surface area contributed by atoms with Gasteiger partial charge < -0.3 is 5.32 Å². The number of hydrogen-bond acceptors (Lipinski definition) is 5. The van der Waals surface area contributed by atoms with E-state index < -0.39 is 0 Å². The summed E-state index contributed by atoms with van der Waals surface area (Å²) in [7, 11) is 0. The molecule has 0 aliphatic heterocycles. The van der Waals surface area contributed by atoms with Crippen molar-refractivity contribution >= 4 is 23.4 Å². The van der Waals surface area contributed by atoms with E-state index in [-0.39, 0.29) is 11.9 Å². The first kappa shape index (κ1) is 20.5. The number of nitrogens with one attached hydrogen (secondary N) is 1. The van der Waals surface area contributed by atoms with Crippen LogP contribution in [0.5, 0.6) is 0 Å². The summed E-state index contributed by atoms with van der Waals surface area (Å²) >= 11 is 1.54. The lowest BCUT2D eigenvalue weighted by atomic mass is 9.84. The molecule has 2 saturated carbocycles. The smallest absolute Gasteiger partial charge is 0.253 e. The molecule has 7 heteroatoms. The highest BCUT2D eigenvalue weighted by atomic mass is 32.2. The molecule has 4 atom stereocenters. The summed E-state index contributed by atoms with van der Waals surface area (Å²) in [6.07, 6.45) is 5.35. The summed E-state index contributed by atoms with van der Waals surface area (Å²) in [6.45, 7) is 6.14. The maximum Gasteiger partial charge on any atom is 0.253 e. The molecule has 2 aliphatic carbocycles. The molecule has 6 nitrogen and oxygen atoms in total. The minimum Gasteiger partial charge on any atom is -0.349 e. The Morgan fingerprint density at radius 2 is 2.06 bits per heavy atom. The average Bonchev–Trinajstić information content (AvgIpc) is 3.48. The van der Waals surface area contributed by atoms with Gasteiger partial charge in [0.1, 0.15) is 0 Å². The number of rotatable bonds is 6. The van der Waals surface area contributed by atoms with Crippen molar-refractivity contribution in [2.45, 2.75) is 63.4 Å². The predicted octanol–water partition coefficient (Wildman–Crippen LogP) is 4.59. The van der Waals surface area contributed by atoms with E-state index in [9.17, 15) is 4.79 Å². The molecule has 0 radical (unpaired) electrons. The second-order valence-electron chi connectivity index (χ2n) is 9.19. The SMILES string of the molecule is Cc1cc(C)n2nc(SCc3ccccc3C(=O)NC(C)C3CC4CCC3C4)nc2n1. The van der Waals surface area contributed by atoms with Gasteiger partial charge in [-0.25, -0.2) is 9.50 Å². The monoisotopic (exact) mass is 435 g/mol. The van der Waals surface area contributed by atoms with Gasteiger partial charge in [-0.2, -0.15) is 4.98 Å². The van der Waals surface area contributed by atoms with Crippen LogP contribution in [-0.2, 0) is 5.75 Å². The largest absolute Gasteiger partial charge is 0.349 e. The van der Waals surface area contributed by atoms with E-state index in [0.29, 0.717) is 22.6 Å². The topological polar surface area (TPSA) is 72.2 Å². The summed E-state index contributed by atoms with van der Waals surface area (Å²) in [5.41, 5.74) is 3.69. The zero-order valence-corrected chi connectivity index (χ0v) is 19.2. The quantitative estimate of drug-likeness (QED) is 0.574. The van der Waals surface area contributed by atoms with Crippen molar-refractivity contribution in [3.63, 3.8) is 0 Å². The zero-order chi connectivity index (χ0) is 21.5. The van der Waals surface area contributed by atoms with Gasteiger partial charge in [0, 0.05) is 28.7 Å². The first-order valence-electron chi connectivity index (χ1n) is 11.2. The van der Waals surface area contributed by atoms with Crippen molar-refractivity contribution in [2.24, 2.45) is 17.8 Å². The molecular weight excluding hydrogens is 406 g/mol. The third-order valence-corrected chi connectivity index (χ3v) is 7.90. The maximum atomic E-state index is 13.1. The summed E-state index contributed by atoms with van der Waals surface area (Å²) in [5.74, 6) is 3.60. The number of amides is 1. The third kappa shape index (κ3) is 4.07. The Bertz CT molecular complexity index is 1130. The fourth-order valence-electron chi connectivity index (χ4n) is 5.52. The fourth-order valence-corrected chi connectivity index (χ4v) is 6.34. The molecule has 0 saturated heterocycles. The first-order valence-corrected chi connectivity index (χ1v) is 12.2. The van der Waals surface area contributed by atoms with Gasteiger partial charge in [-0.15, -0.1) is 5.10 Å². The number of carbonyl (C=O) groups excluding carboxylic acids is 1. The van der Waals surface area contributed by atoms with Gasteiger partial charge in [-0.3, -0.25) is 4.79 Å². The average molecular weight is 436 g/mol. The van der Waals surface area contributed by atoms with Gasteiger partial charge in [0.05, 0.1) is 0 Å². The number of hydrogen-bond donors (Lipinski definition) is 1. The summed E-state index contributed by atoms with van der Waals surface area (Å²) in [4.78, 5) is 22.1. The Kier molecular flexibility index (Phi) is 5.46. The molecule has 3 aromatic rings. The molecule has 4 unspecified atom stereocenters. The van der Waals surface area contributed by atoms with E-state index >= 15 is 0 Å². The molecule has 1 aromatic carbocycles. The minimum absolute atomic E-state index is 0.0302. The lowest BCUT2D eigenvalue weighted by Crippen LogP contribution is -2.40. The van der Waals surface area contributed by atoms with Crippen molar-refractivity contribution in [3.8, 4) is 0 Å². The highest BCUT2D eigenvalue weighted by Gasteiger charge is 2.42. The summed E-state index contributed by atoms with van der Waals surface area (Å²) in [6, 6.07) is 10.1. The van der Waals surface area contributed by atoms with Crippen LogP contribution in [0.3, 0.4) is 0 Å². The predicted molar refractivity (Wildman–Crippen MR) is 122 cm³/mol. The molecule has 5 rings (SSSR count). The number of carbonyl (C=O) groups is 1. The highest BCUT2D eigenvalue weighted by molar-refractivity contribution is 7.98. The number of aryl methyl sites for hydroxylation is 2. The van der Waals surface area contributed by atoms with Crippen LogP contribution in [0, 0.1) is 31.6 Å². The molecule has 2 heterocycles. The van der Waals surface area contributed by atoms with Crippen molar-refractivity contribution in [2.75, 3.05) is 0 Å². The van der Waals surface area contributed by atoms with Crippen molar-refractivity contribution in [3.05, 3.63) is 52.8 Å². The molecule has 1 amide bonds. The van der Waals surface area contributed by atoms with E-state index in [1.54, 1.807) is 4.52 Å². The van der Waals surface area contributed by atoms with Gasteiger partial charge >= 0.3 is 0 Å². The fraction of sp³-hybridized carbons (Fsp3) is 0.500. The summed E-state index contributed by atoms with van der Waals surface area (Å²) < 4.78 is 1.77. The zero-order valence-electron chi connectivity index (χ0n) is 18.3. The van der Waals surface area contributed by atoms with Crippen LogP contribution in [0.25, 0.3) is 5.78 Å². The van der Waals surface area contributed by atoms with Crippen LogP contribution in [0.1, 0.15) is 59.9 Å². The van der Waals surface area contributed by atoms with Crippen LogP contribution in [0.15, 0.2) is 35.5 Å². The van der Waals surface area contributed by atoms with E-state index in [4.69, 9.17) is 0 Å². The van der Waals surface area contributed by atoms with Gasteiger partial charge in [-0.05, 0) is 75.5 Å². The number of fused-ring (bicyclic) bond motifs is 3. The Hall–Kier alpha value is -2.41. The number of aromatic nitrogens is 4. The molecule has 2 fully saturated rings. The van der Waals surface area contributed by atoms with Crippen LogP contribution in [-0.4, -0.2) is 31.5 Å². The first-order chi connectivity index (χ1) is 15.0. The van der Waals surface area contributed by atoms with Crippen molar-refractivity contribution in [1.82, 2.24) is 24.9 Å². The van der Waals surface area contributed by atoms with Gasteiger partial charge in [0.25, 0.3) is 11.7 Å². The van der Waals surface area contributed by atoms with Crippen molar-refractivity contribution in [1.29, 1.82) is 0 Å². The number of benzene rings is 1. The Morgan fingerprint density at radius 1 is 1.23 bits per heavy atom. The van der Waals surface area contributed by atoms with Gasteiger partial charge in [0.2, 0.25) is 5.16 Å². The maximum absolute atomic E-state index is 13.1. The second kappa shape index (κ2) is 8.26. The van der Waals surface area contributed by atoms with E-state index in [1.807, 2.05) is 44.2 Å². The Morgan fingerprint density at radius 3 is 2.84 bits per heavy atom. The normalized spacial score (nSPS) is 23.4. The highest BCUT2D eigenvalue weighted by Crippen LogP contribution is 2.49. The molecule has 162 valence electrons. The number of nitrogens with zero attached hydrogens (tertiary/aromatic N) is 4. The Labute approximate surface area is 187 Å². The molecule has 31 heavy (non-hydrogen) atoms. The van der Waals surface area contributed by atoms with Crippen LogP contribution >= 0.6 is 11.8 Å². The third-order valence-electron chi connectivity index (χ3n) is 7.01. The molecule has 2 bridgehead atoms. The number of thioether (sulfide) groups is 1. The molecule has 0 spiro atoms. The van der Waals surface area contributed by atoms with Crippen LogP contribution in [0.2, 0.25) is 0 Å².